The van der Waals surface area contributed by atoms with Crippen molar-refractivity contribution in [2.24, 2.45) is 0 Å². The molecule has 0 aromatic heterocycles. The van der Waals surface area contributed by atoms with E-state index in [9.17, 15) is 8.78 Å². The van der Waals surface area contributed by atoms with Crippen LogP contribution in [0.25, 0.3) is 11.1 Å². The highest BCUT2D eigenvalue weighted by Crippen LogP contribution is 2.40. The third-order valence-electron chi connectivity index (χ3n) is 5.28. The zero-order valence-corrected chi connectivity index (χ0v) is 25.6. The predicted molar refractivity (Wildman–Crippen MR) is 177 cm³/mol. The lowest BCUT2D eigenvalue weighted by atomic mass is 9.80. The SMILES string of the molecule is C.C.COc1cccc(OC)c1-c1cccc(Cl)c1F.COc1cccc(OC)c1I.OB(O)c1cccc(Cl)c1F. The van der Waals surface area contributed by atoms with E-state index in [1.54, 1.807) is 44.6 Å². The summed E-state index contributed by atoms with van der Waals surface area (Å²) in [5.74, 6) is 1.51. The minimum atomic E-state index is -1.81. The summed E-state index contributed by atoms with van der Waals surface area (Å²) in [5, 5.41) is 17.1. The summed E-state index contributed by atoms with van der Waals surface area (Å²) in [7, 11) is 4.55. The van der Waals surface area contributed by atoms with Crippen LogP contribution in [0.5, 0.6) is 23.0 Å². The second-order valence-electron chi connectivity index (χ2n) is 7.63. The standard InChI is InChI=1S/C14H12ClFO2.C8H9IO2.C6H5BClFO2.2CH4/c1-17-11-7-4-8-12(18-2)13(11)9-5-3-6-10(15)14(9)16;1-10-6-4-3-5-7(11-2)8(6)9;8-5-3-1-2-4(6(5)9)7(10)11;;/h3-8H,1-2H3;3-5H,1-2H3;1-3,10-11H;2*1H4. The quantitative estimate of drug-likeness (QED) is 0.155. The van der Waals surface area contributed by atoms with Crippen molar-refractivity contribution < 1.29 is 37.8 Å². The molecule has 0 aliphatic heterocycles. The van der Waals surface area contributed by atoms with Gasteiger partial charge in [-0.25, -0.2) is 8.78 Å². The highest BCUT2D eigenvalue weighted by Gasteiger charge is 2.18. The van der Waals surface area contributed by atoms with Gasteiger partial charge in [-0.15, -0.1) is 0 Å². The Morgan fingerprint density at radius 3 is 1.40 bits per heavy atom. The monoisotopic (exact) mass is 736 g/mol. The van der Waals surface area contributed by atoms with E-state index < -0.39 is 18.8 Å². The number of methoxy groups -OCH3 is 4. The Labute approximate surface area is 270 Å². The van der Waals surface area contributed by atoms with Gasteiger partial charge in [0.25, 0.3) is 0 Å². The Balaban J connectivity index is 0.000000616. The molecule has 2 N–H and O–H groups in total. The number of hydrogen-bond donors (Lipinski definition) is 2. The van der Waals surface area contributed by atoms with Gasteiger partial charge < -0.3 is 29.0 Å². The molecule has 0 aliphatic carbocycles. The van der Waals surface area contributed by atoms with E-state index in [1.165, 1.54) is 38.5 Å². The average molecular weight is 737 g/mol. The molecule has 4 aromatic rings. The average Bonchev–Trinajstić information content (AvgIpc) is 2.96. The minimum Gasteiger partial charge on any atom is -0.496 e. The lowest BCUT2D eigenvalue weighted by Gasteiger charge is -2.14. The van der Waals surface area contributed by atoms with Gasteiger partial charge in [-0.3, -0.25) is 0 Å². The number of hydrogen-bond acceptors (Lipinski definition) is 6. The number of halogens is 5. The molecule has 0 unspecified atom stereocenters. The van der Waals surface area contributed by atoms with E-state index in [0.29, 0.717) is 22.6 Å². The number of benzene rings is 4. The molecule has 0 radical (unpaired) electrons. The lowest BCUT2D eigenvalue weighted by Crippen LogP contribution is -2.32. The predicted octanol–water partition coefficient (Wildman–Crippen LogP) is 7.90. The van der Waals surface area contributed by atoms with E-state index >= 15 is 0 Å². The lowest BCUT2D eigenvalue weighted by molar-refractivity contribution is 0.389. The Bertz CT molecular complexity index is 1370. The summed E-state index contributed by atoms with van der Waals surface area (Å²) in [5.41, 5.74) is 0.705. The van der Waals surface area contributed by atoms with Gasteiger partial charge in [0.05, 0.1) is 47.6 Å². The molecule has 0 saturated heterocycles. The molecule has 6 nitrogen and oxygen atoms in total. The summed E-state index contributed by atoms with van der Waals surface area (Å²) in [6, 6.07) is 19.9. The Kier molecular flexibility index (Phi) is 18.1. The van der Waals surface area contributed by atoms with Crippen LogP contribution in [-0.4, -0.2) is 45.6 Å². The summed E-state index contributed by atoms with van der Waals surface area (Å²) >= 11 is 13.3. The molecule has 0 heterocycles. The second kappa shape index (κ2) is 19.4. The van der Waals surface area contributed by atoms with Crippen molar-refractivity contribution >= 4 is 58.4 Å². The van der Waals surface area contributed by atoms with Crippen LogP contribution in [0.3, 0.4) is 0 Å². The van der Waals surface area contributed by atoms with Crippen LogP contribution in [0.2, 0.25) is 10.0 Å². The van der Waals surface area contributed by atoms with Crippen molar-refractivity contribution in [2.45, 2.75) is 14.9 Å². The Hall–Kier alpha value is -2.77. The molecule has 228 valence electrons. The molecule has 12 heteroatoms. The fourth-order valence-electron chi connectivity index (χ4n) is 3.34. The van der Waals surface area contributed by atoms with Crippen molar-refractivity contribution in [1.82, 2.24) is 0 Å². The van der Waals surface area contributed by atoms with Gasteiger partial charge in [0.1, 0.15) is 34.6 Å². The molecular weight excluding hydrogens is 703 g/mol. The Morgan fingerprint density at radius 1 is 0.619 bits per heavy atom. The smallest absolute Gasteiger partial charge is 0.491 e. The maximum absolute atomic E-state index is 14.1. The largest absolute Gasteiger partial charge is 0.496 e. The van der Waals surface area contributed by atoms with Gasteiger partial charge in [0, 0.05) is 11.0 Å². The van der Waals surface area contributed by atoms with Gasteiger partial charge >= 0.3 is 7.12 Å². The van der Waals surface area contributed by atoms with Gasteiger partial charge in [0.2, 0.25) is 0 Å². The van der Waals surface area contributed by atoms with Crippen LogP contribution in [0.4, 0.5) is 8.78 Å². The molecule has 4 rings (SSSR count). The van der Waals surface area contributed by atoms with Gasteiger partial charge in [0.15, 0.2) is 0 Å². The summed E-state index contributed by atoms with van der Waals surface area (Å²) in [6.07, 6.45) is 0. The van der Waals surface area contributed by atoms with Crippen molar-refractivity contribution in [2.75, 3.05) is 28.4 Å². The third kappa shape index (κ3) is 10.2. The first kappa shape index (κ1) is 39.2. The van der Waals surface area contributed by atoms with Crippen LogP contribution >= 0.6 is 45.8 Å². The minimum absolute atomic E-state index is 0. The molecule has 0 bridgehead atoms. The first-order valence-electron chi connectivity index (χ1n) is 11.4. The van der Waals surface area contributed by atoms with Crippen LogP contribution < -0.4 is 24.4 Å². The highest BCUT2D eigenvalue weighted by molar-refractivity contribution is 14.1. The van der Waals surface area contributed by atoms with Crippen molar-refractivity contribution in [3.8, 4) is 34.1 Å². The van der Waals surface area contributed by atoms with E-state index in [2.05, 4.69) is 22.6 Å². The van der Waals surface area contributed by atoms with Gasteiger partial charge in [-0.1, -0.05) is 74.5 Å². The van der Waals surface area contributed by atoms with Gasteiger partial charge in [-0.05, 0) is 59.0 Å². The van der Waals surface area contributed by atoms with Crippen molar-refractivity contribution in [1.29, 1.82) is 0 Å². The zero-order valence-electron chi connectivity index (χ0n) is 21.9. The zero-order chi connectivity index (χ0) is 29.8. The molecule has 0 aliphatic rings. The molecule has 0 atom stereocenters. The maximum Gasteiger partial charge on any atom is 0.491 e. The fraction of sp³-hybridized carbons (Fsp3) is 0.200. The van der Waals surface area contributed by atoms with Crippen LogP contribution in [0, 0.1) is 15.2 Å². The first-order valence-corrected chi connectivity index (χ1v) is 13.3. The highest BCUT2D eigenvalue weighted by atomic mass is 127. The molecular formula is C30H34BCl2F2IO6. The fourth-order valence-corrected chi connectivity index (χ4v) is 4.50. The van der Waals surface area contributed by atoms with Crippen LogP contribution in [0.1, 0.15) is 14.9 Å². The summed E-state index contributed by atoms with van der Waals surface area (Å²) < 4.78 is 48.6. The van der Waals surface area contributed by atoms with Crippen molar-refractivity contribution in [3.05, 3.63) is 98.0 Å². The van der Waals surface area contributed by atoms with Crippen molar-refractivity contribution in [3.63, 3.8) is 0 Å². The summed E-state index contributed by atoms with van der Waals surface area (Å²) in [6.45, 7) is 0. The van der Waals surface area contributed by atoms with E-state index in [1.807, 2.05) is 18.2 Å². The maximum atomic E-state index is 14.1. The van der Waals surface area contributed by atoms with E-state index in [-0.39, 0.29) is 30.4 Å². The number of rotatable bonds is 6. The molecule has 0 saturated carbocycles. The topological polar surface area (TPSA) is 77.4 Å². The summed E-state index contributed by atoms with van der Waals surface area (Å²) in [4.78, 5) is 0. The second-order valence-corrected chi connectivity index (χ2v) is 9.53. The third-order valence-corrected chi connectivity index (χ3v) is 6.92. The first-order chi connectivity index (χ1) is 19.1. The molecule has 4 aromatic carbocycles. The normalized spacial score (nSPS) is 9.40. The molecule has 0 spiro atoms. The molecule has 42 heavy (non-hydrogen) atoms. The number of ether oxygens (including phenoxy) is 4. The van der Waals surface area contributed by atoms with Crippen LogP contribution in [-0.2, 0) is 0 Å². The van der Waals surface area contributed by atoms with Crippen LogP contribution in [0.15, 0.2) is 72.8 Å². The van der Waals surface area contributed by atoms with Gasteiger partial charge in [-0.2, -0.15) is 0 Å². The molecule has 0 amide bonds. The van der Waals surface area contributed by atoms with E-state index in [4.69, 9.17) is 52.2 Å². The Morgan fingerprint density at radius 2 is 1.00 bits per heavy atom. The van der Waals surface area contributed by atoms with E-state index in [0.717, 1.165) is 15.1 Å². The molecule has 0 fully saturated rings.